The van der Waals surface area contributed by atoms with E-state index < -0.39 is 18.2 Å². The molecule has 2 atom stereocenters. The molecule has 1 saturated heterocycles. The van der Waals surface area contributed by atoms with E-state index in [1.807, 2.05) is 54.3 Å². The van der Waals surface area contributed by atoms with Crippen LogP contribution in [0, 0.1) is 6.92 Å². The molecule has 10 heteroatoms. The maximum atomic E-state index is 12.7. The van der Waals surface area contributed by atoms with Crippen LogP contribution < -0.4 is 15.5 Å². The minimum Gasteiger partial charge on any atom is -0.496 e. The van der Waals surface area contributed by atoms with E-state index in [0.717, 1.165) is 21.2 Å². The molecule has 0 saturated carbocycles. The number of carbonyl (C=O) groups is 2. The van der Waals surface area contributed by atoms with Gasteiger partial charge < -0.3 is 14.5 Å². The third kappa shape index (κ3) is 4.31. The number of aryl methyl sites for hydroxylation is 1. The summed E-state index contributed by atoms with van der Waals surface area (Å²) in [6.07, 6.45) is 0.979. The molecular formula is C22H23BrN6O3. The van der Waals surface area contributed by atoms with Crippen molar-refractivity contribution in [2.24, 2.45) is 10.1 Å². The van der Waals surface area contributed by atoms with E-state index in [1.54, 1.807) is 20.4 Å². The molecule has 2 N–H and O–H groups in total. The lowest BCUT2D eigenvalue weighted by atomic mass is 10.1. The minimum atomic E-state index is -0.655. The van der Waals surface area contributed by atoms with Crippen LogP contribution in [0.15, 0.2) is 57.0 Å². The zero-order valence-corrected chi connectivity index (χ0v) is 19.5. The van der Waals surface area contributed by atoms with Crippen molar-refractivity contribution in [3.8, 4) is 5.75 Å². The Morgan fingerprint density at radius 3 is 2.72 bits per heavy atom. The summed E-state index contributed by atoms with van der Waals surface area (Å²) in [4.78, 5) is 32.6. The van der Waals surface area contributed by atoms with Gasteiger partial charge in [0.1, 0.15) is 5.75 Å². The highest BCUT2D eigenvalue weighted by Crippen LogP contribution is 2.25. The van der Waals surface area contributed by atoms with Gasteiger partial charge in [-0.05, 0) is 30.7 Å². The van der Waals surface area contributed by atoms with Gasteiger partial charge in [-0.3, -0.25) is 10.1 Å². The number of imide groups is 1. The van der Waals surface area contributed by atoms with Crippen LogP contribution in [-0.2, 0) is 11.3 Å². The van der Waals surface area contributed by atoms with Gasteiger partial charge >= 0.3 is 6.03 Å². The van der Waals surface area contributed by atoms with Gasteiger partial charge in [-0.25, -0.2) is 15.2 Å². The number of hydrogen-bond acceptors (Lipinski definition) is 7. The number of nitrogens with one attached hydrogen (secondary N) is 2. The number of urea groups is 1. The van der Waals surface area contributed by atoms with E-state index in [0.29, 0.717) is 18.3 Å². The molecule has 0 bridgehead atoms. The number of amides is 3. The number of rotatable bonds is 5. The first-order chi connectivity index (χ1) is 15.4. The normalized spacial score (nSPS) is 20.3. The van der Waals surface area contributed by atoms with Gasteiger partial charge in [0.2, 0.25) is 5.96 Å². The number of fused-ring (bicyclic) bond motifs is 1. The van der Waals surface area contributed by atoms with Crippen LogP contribution in [0.4, 0.5) is 4.79 Å². The summed E-state index contributed by atoms with van der Waals surface area (Å²) in [6, 6.07) is 12.5. The van der Waals surface area contributed by atoms with Gasteiger partial charge in [-0.15, -0.1) is 0 Å². The molecule has 0 aliphatic carbocycles. The standard InChI is InChI=1S/C22H23BrN6O3/c1-13-4-6-14(7-5-13)12-29-18-19(28(2)22(31)26-20(18)30)25-21(29)27-24-11-15-10-16(23)8-9-17(15)32-3/h4-11,18-19H,12H2,1-3H3,(H,25,27)(H,26,30,31)/b24-11+. The number of halogens is 1. The lowest BCUT2D eigenvalue weighted by Crippen LogP contribution is -2.63. The van der Waals surface area contributed by atoms with E-state index >= 15 is 0 Å². The van der Waals surface area contributed by atoms with Gasteiger partial charge in [0.05, 0.1) is 13.3 Å². The summed E-state index contributed by atoms with van der Waals surface area (Å²) >= 11 is 3.44. The Kier molecular flexibility index (Phi) is 6.13. The van der Waals surface area contributed by atoms with Crippen LogP contribution in [-0.4, -0.2) is 60.3 Å². The maximum absolute atomic E-state index is 12.7. The second-order valence-corrected chi connectivity index (χ2v) is 8.50. The average molecular weight is 499 g/mol. The topological polar surface area (TPSA) is 98.6 Å². The largest absolute Gasteiger partial charge is 0.496 e. The molecule has 2 aliphatic rings. The third-order valence-electron chi connectivity index (χ3n) is 5.39. The predicted octanol–water partition coefficient (Wildman–Crippen LogP) is 2.44. The zero-order valence-electron chi connectivity index (χ0n) is 17.9. The van der Waals surface area contributed by atoms with Crippen molar-refractivity contribution in [3.05, 3.63) is 63.6 Å². The average Bonchev–Trinajstić information content (AvgIpc) is 3.13. The van der Waals surface area contributed by atoms with Crippen molar-refractivity contribution in [1.82, 2.24) is 20.5 Å². The van der Waals surface area contributed by atoms with Gasteiger partial charge in [0.25, 0.3) is 5.91 Å². The Hall–Kier alpha value is -3.40. The maximum Gasteiger partial charge on any atom is 0.325 e. The van der Waals surface area contributed by atoms with Crippen molar-refractivity contribution in [2.75, 3.05) is 14.2 Å². The summed E-state index contributed by atoms with van der Waals surface area (Å²) in [5, 5.41) is 6.72. The highest BCUT2D eigenvalue weighted by molar-refractivity contribution is 9.10. The molecule has 0 spiro atoms. The number of guanidine groups is 1. The molecular weight excluding hydrogens is 476 g/mol. The van der Waals surface area contributed by atoms with Crippen molar-refractivity contribution >= 4 is 40.0 Å². The Labute approximate surface area is 194 Å². The second kappa shape index (κ2) is 8.99. The summed E-state index contributed by atoms with van der Waals surface area (Å²) in [5.41, 5.74) is 5.87. The third-order valence-corrected chi connectivity index (χ3v) is 5.89. The van der Waals surface area contributed by atoms with Crippen molar-refractivity contribution < 1.29 is 14.3 Å². The number of likely N-dealkylation sites (N-methyl/N-ethyl adjacent to an activating group) is 1. The fourth-order valence-corrected chi connectivity index (χ4v) is 4.03. The summed E-state index contributed by atoms with van der Waals surface area (Å²) < 4.78 is 6.26. The zero-order chi connectivity index (χ0) is 22.8. The SMILES string of the molecule is COc1ccc(Br)cc1/C=N/NC1=NC2C(C(=O)NC(=O)N2C)N1Cc1ccc(C)cc1. The molecule has 2 unspecified atom stereocenters. The molecule has 2 aromatic rings. The van der Waals surface area contributed by atoms with Gasteiger partial charge in [0.15, 0.2) is 12.2 Å². The van der Waals surface area contributed by atoms with E-state index in [2.05, 4.69) is 36.8 Å². The quantitative estimate of drug-likeness (QED) is 0.487. The summed E-state index contributed by atoms with van der Waals surface area (Å²) in [7, 11) is 3.21. The molecule has 4 rings (SSSR count). The monoisotopic (exact) mass is 498 g/mol. The van der Waals surface area contributed by atoms with Crippen LogP contribution in [0.3, 0.4) is 0 Å². The van der Waals surface area contributed by atoms with E-state index in [9.17, 15) is 9.59 Å². The Balaban J connectivity index is 1.61. The van der Waals surface area contributed by atoms with Crippen LogP contribution in [0.5, 0.6) is 5.75 Å². The summed E-state index contributed by atoms with van der Waals surface area (Å²) in [5.74, 6) is 0.688. The van der Waals surface area contributed by atoms with Gasteiger partial charge in [0, 0.05) is 23.6 Å². The minimum absolute atomic E-state index is 0.386. The molecule has 2 aromatic carbocycles. The fourth-order valence-electron chi connectivity index (χ4n) is 3.65. The predicted molar refractivity (Wildman–Crippen MR) is 124 cm³/mol. The van der Waals surface area contributed by atoms with Crippen LogP contribution in [0.1, 0.15) is 16.7 Å². The molecule has 9 nitrogen and oxygen atoms in total. The highest BCUT2D eigenvalue weighted by Gasteiger charge is 2.48. The van der Waals surface area contributed by atoms with E-state index in [4.69, 9.17) is 4.74 Å². The first kappa shape index (κ1) is 21.8. The lowest BCUT2D eigenvalue weighted by molar-refractivity contribution is -0.127. The fraction of sp³-hybridized carbons (Fsp3) is 0.273. The van der Waals surface area contributed by atoms with Crippen LogP contribution >= 0.6 is 15.9 Å². The van der Waals surface area contributed by atoms with Crippen LogP contribution in [0.25, 0.3) is 0 Å². The molecule has 32 heavy (non-hydrogen) atoms. The molecule has 0 aromatic heterocycles. The lowest BCUT2D eigenvalue weighted by Gasteiger charge is -2.36. The number of benzene rings is 2. The number of methoxy groups -OCH3 is 1. The number of hydrogen-bond donors (Lipinski definition) is 2. The number of aliphatic imine (C=N–C) groups is 1. The Bertz CT molecular complexity index is 1100. The first-order valence-electron chi connectivity index (χ1n) is 9.97. The number of hydrazone groups is 1. The highest BCUT2D eigenvalue weighted by atomic mass is 79.9. The molecule has 1 fully saturated rings. The van der Waals surface area contributed by atoms with Crippen molar-refractivity contribution in [2.45, 2.75) is 25.7 Å². The smallest absolute Gasteiger partial charge is 0.325 e. The molecule has 3 amide bonds. The van der Waals surface area contributed by atoms with Gasteiger partial charge in [-0.1, -0.05) is 45.8 Å². The first-order valence-corrected chi connectivity index (χ1v) is 10.8. The molecule has 2 heterocycles. The number of ether oxygens (including phenoxy) is 1. The molecule has 166 valence electrons. The number of carbonyl (C=O) groups excluding carboxylic acids is 2. The van der Waals surface area contributed by atoms with Crippen molar-refractivity contribution in [3.63, 3.8) is 0 Å². The van der Waals surface area contributed by atoms with Crippen molar-refractivity contribution in [1.29, 1.82) is 0 Å². The Morgan fingerprint density at radius 2 is 2.00 bits per heavy atom. The Morgan fingerprint density at radius 1 is 1.25 bits per heavy atom. The molecule has 0 radical (unpaired) electrons. The van der Waals surface area contributed by atoms with E-state index in [1.165, 1.54) is 4.90 Å². The molecule has 2 aliphatic heterocycles. The van der Waals surface area contributed by atoms with Crippen LogP contribution in [0.2, 0.25) is 0 Å². The summed E-state index contributed by atoms with van der Waals surface area (Å²) in [6.45, 7) is 2.45. The second-order valence-electron chi connectivity index (χ2n) is 7.59. The van der Waals surface area contributed by atoms with E-state index in [-0.39, 0.29) is 5.91 Å². The number of nitrogens with zero attached hydrogens (tertiary/aromatic N) is 4. The van der Waals surface area contributed by atoms with Gasteiger partial charge in [-0.2, -0.15) is 5.10 Å².